The molecule has 3 aromatic rings. The molecule has 1 N–H and O–H groups in total. The van der Waals surface area contributed by atoms with Gasteiger partial charge in [0, 0.05) is 28.7 Å². The number of amides is 1. The molecule has 1 aromatic heterocycles. The summed E-state index contributed by atoms with van der Waals surface area (Å²) in [7, 11) is 0. The van der Waals surface area contributed by atoms with Gasteiger partial charge in [0.1, 0.15) is 11.6 Å². The summed E-state index contributed by atoms with van der Waals surface area (Å²) in [6, 6.07) is 14.0. The van der Waals surface area contributed by atoms with E-state index in [1.807, 2.05) is 0 Å². The number of aromatic nitrogens is 1. The number of anilines is 1. The first-order chi connectivity index (χ1) is 14.0. The fourth-order valence-corrected chi connectivity index (χ4v) is 3.45. The second-order valence-corrected chi connectivity index (χ2v) is 6.87. The Morgan fingerprint density at radius 1 is 0.966 bits per heavy atom. The SMILES string of the molecule is O=C1C(=O)N(c2ccc(Cl)cc2)C(c2ccncc2)/C1=C(/O)c1ccc(F)cc1. The summed E-state index contributed by atoms with van der Waals surface area (Å²) in [5.41, 5.74) is 1.21. The first kappa shape index (κ1) is 18.8. The average molecular weight is 409 g/mol. The van der Waals surface area contributed by atoms with Crippen LogP contribution in [0.15, 0.2) is 78.6 Å². The molecule has 7 heteroatoms. The molecule has 1 amide bonds. The number of ketones is 1. The fourth-order valence-electron chi connectivity index (χ4n) is 3.32. The molecule has 1 saturated heterocycles. The molecule has 29 heavy (non-hydrogen) atoms. The third-order valence-electron chi connectivity index (χ3n) is 4.69. The van der Waals surface area contributed by atoms with Crippen molar-refractivity contribution in [2.45, 2.75) is 6.04 Å². The van der Waals surface area contributed by atoms with Crippen LogP contribution in [-0.4, -0.2) is 21.8 Å². The molecule has 0 aliphatic carbocycles. The third kappa shape index (κ3) is 3.39. The van der Waals surface area contributed by atoms with E-state index in [1.54, 1.807) is 36.4 Å². The van der Waals surface area contributed by atoms with Gasteiger partial charge in [0.2, 0.25) is 0 Å². The number of carbonyl (C=O) groups excluding carboxylic acids is 2. The number of aliphatic hydroxyl groups is 1. The Kier molecular flexibility index (Phi) is 4.86. The van der Waals surface area contributed by atoms with Crippen molar-refractivity contribution in [3.05, 3.63) is 101 Å². The largest absolute Gasteiger partial charge is 0.507 e. The van der Waals surface area contributed by atoms with Crippen LogP contribution in [0.25, 0.3) is 5.76 Å². The normalized spacial score (nSPS) is 18.3. The highest BCUT2D eigenvalue weighted by atomic mass is 35.5. The van der Waals surface area contributed by atoms with Crippen LogP contribution in [0.1, 0.15) is 17.2 Å². The van der Waals surface area contributed by atoms with Crippen molar-refractivity contribution in [3.8, 4) is 0 Å². The number of rotatable bonds is 3. The molecule has 4 rings (SSSR count). The topological polar surface area (TPSA) is 70.5 Å². The molecule has 0 radical (unpaired) electrons. The minimum Gasteiger partial charge on any atom is -0.507 e. The van der Waals surface area contributed by atoms with Gasteiger partial charge in [-0.2, -0.15) is 0 Å². The van der Waals surface area contributed by atoms with E-state index in [0.717, 1.165) is 0 Å². The Labute approximate surface area is 170 Å². The summed E-state index contributed by atoms with van der Waals surface area (Å²) in [5.74, 6) is -2.46. The number of nitrogens with zero attached hydrogens (tertiary/aromatic N) is 2. The van der Waals surface area contributed by atoms with E-state index in [1.165, 1.54) is 41.6 Å². The van der Waals surface area contributed by atoms with Crippen LogP contribution < -0.4 is 4.90 Å². The summed E-state index contributed by atoms with van der Waals surface area (Å²) >= 11 is 5.95. The second-order valence-electron chi connectivity index (χ2n) is 6.43. The third-order valence-corrected chi connectivity index (χ3v) is 4.94. The monoisotopic (exact) mass is 408 g/mol. The Bertz CT molecular complexity index is 1110. The van der Waals surface area contributed by atoms with E-state index in [0.29, 0.717) is 16.3 Å². The highest BCUT2D eigenvalue weighted by Crippen LogP contribution is 2.42. The minimum atomic E-state index is -0.871. The van der Waals surface area contributed by atoms with Crippen molar-refractivity contribution in [2.75, 3.05) is 4.90 Å². The molecule has 2 aromatic carbocycles. The Morgan fingerprint density at radius 3 is 2.21 bits per heavy atom. The van der Waals surface area contributed by atoms with Gasteiger partial charge in [0.05, 0.1) is 11.6 Å². The van der Waals surface area contributed by atoms with Gasteiger partial charge in [-0.25, -0.2) is 4.39 Å². The highest BCUT2D eigenvalue weighted by Gasteiger charge is 2.46. The van der Waals surface area contributed by atoms with E-state index < -0.39 is 23.5 Å². The van der Waals surface area contributed by atoms with Crippen molar-refractivity contribution in [3.63, 3.8) is 0 Å². The first-order valence-electron chi connectivity index (χ1n) is 8.70. The van der Waals surface area contributed by atoms with Gasteiger partial charge < -0.3 is 5.11 Å². The maximum Gasteiger partial charge on any atom is 0.300 e. The zero-order valence-electron chi connectivity index (χ0n) is 14.9. The van der Waals surface area contributed by atoms with E-state index >= 15 is 0 Å². The number of hydrogen-bond donors (Lipinski definition) is 1. The number of carbonyl (C=O) groups is 2. The molecule has 144 valence electrons. The predicted octanol–water partition coefficient (Wildman–Crippen LogP) is 4.50. The van der Waals surface area contributed by atoms with Crippen molar-refractivity contribution in [2.24, 2.45) is 0 Å². The van der Waals surface area contributed by atoms with E-state index in [4.69, 9.17) is 11.6 Å². The lowest BCUT2D eigenvalue weighted by Gasteiger charge is -2.25. The van der Waals surface area contributed by atoms with Gasteiger partial charge in [0.15, 0.2) is 0 Å². The van der Waals surface area contributed by atoms with E-state index in [2.05, 4.69) is 4.98 Å². The number of benzene rings is 2. The Balaban J connectivity index is 1.93. The molecule has 1 aliphatic heterocycles. The highest BCUT2D eigenvalue weighted by molar-refractivity contribution is 6.51. The van der Waals surface area contributed by atoms with Gasteiger partial charge >= 0.3 is 0 Å². The van der Waals surface area contributed by atoms with Gasteiger partial charge in [-0.15, -0.1) is 0 Å². The summed E-state index contributed by atoms with van der Waals surface area (Å²) in [5, 5.41) is 11.3. The van der Waals surface area contributed by atoms with Gasteiger partial charge in [-0.05, 0) is 66.2 Å². The summed E-state index contributed by atoms with van der Waals surface area (Å²) < 4.78 is 13.3. The zero-order valence-corrected chi connectivity index (χ0v) is 15.7. The van der Waals surface area contributed by atoms with Crippen molar-refractivity contribution < 1.29 is 19.1 Å². The maximum atomic E-state index is 13.3. The summed E-state index contributed by atoms with van der Waals surface area (Å²) in [6.45, 7) is 0. The zero-order chi connectivity index (χ0) is 20.5. The molecule has 5 nitrogen and oxygen atoms in total. The van der Waals surface area contributed by atoms with Gasteiger partial charge in [-0.3, -0.25) is 19.5 Å². The van der Waals surface area contributed by atoms with E-state index in [9.17, 15) is 19.1 Å². The number of aliphatic hydroxyl groups excluding tert-OH is 1. The van der Waals surface area contributed by atoms with E-state index in [-0.39, 0.29) is 16.9 Å². The van der Waals surface area contributed by atoms with Crippen LogP contribution in [0.5, 0.6) is 0 Å². The number of pyridine rings is 1. The van der Waals surface area contributed by atoms with Crippen molar-refractivity contribution in [1.29, 1.82) is 0 Å². The van der Waals surface area contributed by atoms with Crippen LogP contribution in [0.4, 0.5) is 10.1 Å². The number of hydrogen-bond acceptors (Lipinski definition) is 4. The summed E-state index contributed by atoms with van der Waals surface area (Å²) in [4.78, 5) is 31.1. The summed E-state index contributed by atoms with van der Waals surface area (Å²) in [6.07, 6.45) is 3.07. The Hall–Kier alpha value is -3.51. The van der Waals surface area contributed by atoms with Crippen LogP contribution in [0.3, 0.4) is 0 Å². The first-order valence-corrected chi connectivity index (χ1v) is 9.07. The van der Waals surface area contributed by atoms with Gasteiger partial charge in [0.25, 0.3) is 11.7 Å². The second kappa shape index (κ2) is 7.48. The molecule has 2 heterocycles. The molecule has 1 atom stereocenters. The molecule has 0 saturated carbocycles. The molecule has 0 spiro atoms. The fraction of sp³-hybridized carbons (Fsp3) is 0.0455. The van der Waals surface area contributed by atoms with Gasteiger partial charge in [-0.1, -0.05) is 11.6 Å². The average Bonchev–Trinajstić information content (AvgIpc) is 3.00. The molecule has 1 aliphatic rings. The van der Waals surface area contributed by atoms with Crippen molar-refractivity contribution >= 4 is 34.7 Å². The predicted molar refractivity (Wildman–Crippen MR) is 107 cm³/mol. The lowest BCUT2D eigenvalue weighted by Crippen LogP contribution is -2.29. The standard InChI is InChI=1S/C22H14ClFN2O3/c23-15-3-7-17(8-4-15)26-19(13-9-11-25-12-10-13)18(21(28)22(26)29)20(27)14-1-5-16(24)6-2-14/h1-12,19,27H/b20-18-. The van der Waals surface area contributed by atoms with Crippen LogP contribution in [0.2, 0.25) is 5.02 Å². The van der Waals surface area contributed by atoms with Crippen LogP contribution in [-0.2, 0) is 9.59 Å². The molecular formula is C22H14ClFN2O3. The molecule has 0 bridgehead atoms. The lowest BCUT2D eigenvalue weighted by molar-refractivity contribution is -0.132. The van der Waals surface area contributed by atoms with Crippen molar-refractivity contribution in [1.82, 2.24) is 4.98 Å². The quantitative estimate of drug-likeness (QED) is 0.393. The smallest absolute Gasteiger partial charge is 0.300 e. The lowest BCUT2D eigenvalue weighted by atomic mass is 9.96. The minimum absolute atomic E-state index is 0.0808. The number of Topliss-reactive ketones (excluding diaryl/α,β-unsaturated/α-hetero) is 1. The molecule has 1 unspecified atom stereocenters. The molecule has 1 fully saturated rings. The Morgan fingerprint density at radius 2 is 1.59 bits per heavy atom. The number of halogens is 2. The molecular weight excluding hydrogens is 395 g/mol. The van der Waals surface area contributed by atoms with Crippen LogP contribution >= 0.6 is 11.6 Å². The maximum absolute atomic E-state index is 13.3. The van der Waals surface area contributed by atoms with Crippen LogP contribution in [0, 0.1) is 5.82 Å².